The van der Waals surface area contributed by atoms with Crippen LogP contribution in [0.3, 0.4) is 0 Å². The van der Waals surface area contributed by atoms with Crippen molar-refractivity contribution in [2.75, 3.05) is 0 Å². The normalized spacial score (nSPS) is 10.4. The molecule has 2 N–H and O–H groups in total. The van der Waals surface area contributed by atoms with Crippen LogP contribution < -0.4 is 5.73 Å². The molecule has 0 aliphatic rings. The van der Waals surface area contributed by atoms with Crippen molar-refractivity contribution in [1.29, 1.82) is 5.26 Å². The van der Waals surface area contributed by atoms with Gasteiger partial charge in [-0.1, -0.05) is 6.92 Å². The summed E-state index contributed by atoms with van der Waals surface area (Å²) >= 11 is 4.71. The number of nitriles is 1. The van der Waals surface area contributed by atoms with Crippen LogP contribution in [-0.4, -0.2) is 15.6 Å². The third kappa shape index (κ3) is 2.35. The standard InChI is InChI=1S/C7H13N3S/c1-4-7(2,3)10(5-8)6(9)11/h4H2,1-3H3,(H2,9,11). The van der Waals surface area contributed by atoms with Crippen LogP contribution in [0.25, 0.3) is 0 Å². The third-order valence-electron chi connectivity index (χ3n) is 1.79. The first-order chi connectivity index (χ1) is 4.95. The summed E-state index contributed by atoms with van der Waals surface area (Å²) in [5, 5.41) is 8.81. The maximum Gasteiger partial charge on any atom is 0.186 e. The van der Waals surface area contributed by atoms with E-state index in [9.17, 15) is 0 Å². The number of hydrogen-bond acceptors (Lipinski definition) is 2. The predicted octanol–water partition coefficient (Wildman–Crippen LogP) is 1.20. The van der Waals surface area contributed by atoms with Crippen molar-refractivity contribution in [3.63, 3.8) is 0 Å². The van der Waals surface area contributed by atoms with Gasteiger partial charge in [-0.15, -0.1) is 0 Å². The van der Waals surface area contributed by atoms with Crippen molar-refractivity contribution >= 4 is 17.3 Å². The van der Waals surface area contributed by atoms with Gasteiger partial charge in [0.15, 0.2) is 11.3 Å². The molecule has 0 rings (SSSR count). The maximum absolute atomic E-state index is 8.67. The van der Waals surface area contributed by atoms with Crippen molar-refractivity contribution in [2.45, 2.75) is 32.7 Å². The first-order valence-electron chi connectivity index (χ1n) is 3.45. The molecule has 0 radical (unpaired) electrons. The molecule has 0 aromatic carbocycles. The molecule has 0 unspecified atom stereocenters. The molecule has 4 heteroatoms. The summed E-state index contributed by atoms with van der Waals surface area (Å²) in [6, 6.07) is 0. The van der Waals surface area contributed by atoms with Crippen molar-refractivity contribution in [1.82, 2.24) is 4.90 Å². The summed E-state index contributed by atoms with van der Waals surface area (Å²) in [5.41, 5.74) is 5.08. The second kappa shape index (κ2) is 3.54. The fraction of sp³-hybridized carbons (Fsp3) is 0.714. The van der Waals surface area contributed by atoms with E-state index < -0.39 is 0 Å². The summed E-state index contributed by atoms with van der Waals surface area (Å²) < 4.78 is 0. The van der Waals surface area contributed by atoms with Gasteiger partial charge in [-0.25, -0.2) is 0 Å². The lowest BCUT2D eigenvalue weighted by atomic mass is 10.0. The zero-order chi connectivity index (χ0) is 9.07. The lowest BCUT2D eigenvalue weighted by Gasteiger charge is -2.31. The van der Waals surface area contributed by atoms with E-state index in [1.807, 2.05) is 27.0 Å². The molecular formula is C7H13N3S. The van der Waals surface area contributed by atoms with E-state index in [4.69, 9.17) is 23.2 Å². The molecule has 0 saturated carbocycles. The fourth-order valence-corrected chi connectivity index (χ4v) is 0.929. The van der Waals surface area contributed by atoms with Gasteiger partial charge in [0.25, 0.3) is 0 Å². The summed E-state index contributed by atoms with van der Waals surface area (Å²) in [7, 11) is 0. The highest BCUT2D eigenvalue weighted by Gasteiger charge is 2.25. The maximum atomic E-state index is 8.67. The number of rotatable bonds is 2. The molecule has 0 bridgehead atoms. The van der Waals surface area contributed by atoms with Gasteiger partial charge in [-0.3, -0.25) is 4.90 Å². The average molecular weight is 171 g/mol. The zero-order valence-corrected chi connectivity index (χ0v) is 7.90. The predicted molar refractivity (Wildman–Crippen MR) is 48.6 cm³/mol. The van der Waals surface area contributed by atoms with Gasteiger partial charge < -0.3 is 5.73 Å². The van der Waals surface area contributed by atoms with Gasteiger partial charge in [0.1, 0.15) is 0 Å². The second-order valence-electron chi connectivity index (χ2n) is 2.94. The highest BCUT2D eigenvalue weighted by Crippen LogP contribution is 2.16. The molecule has 0 amide bonds. The molecule has 0 spiro atoms. The van der Waals surface area contributed by atoms with E-state index in [-0.39, 0.29) is 10.7 Å². The Labute approximate surface area is 72.8 Å². The molecule has 11 heavy (non-hydrogen) atoms. The van der Waals surface area contributed by atoms with E-state index in [1.54, 1.807) is 0 Å². The minimum absolute atomic E-state index is 0.138. The monoisotopic (exact) mass is 171 g/mol. The smallest absolute Gasteiger partial charge is 0.186 e. The summed E-state index contributed by atoms with van der Waals surface area (Å²) in [6.45, 7) is 5.84. The van der Waals surface area contributed by atoms with Crippen LogP contribution >= 0.6 is 12.2 Å². The minimum atomic E-state index is -0.263. The second-order valence-corrected chi connectivity index (χ2v) is 3.36. The molecule has 0 fully saturated rings. The van der Waals surface area contributed by atoms with E-state index in [0.717, 1.165) is 6.42 Å². The largest absolute Gasteiger partial charge is 0.375 e. The van der Waals surface area contributed by atoms with Crippen LogP contribution in [-0.2, 0) is 0 Å². The molecule has 0 saturated heterocycles. The van der Waals surface area contributed by atoms with Crippen molar-refractivity contribution in [3.8, 4) is 6.19 Å². The van der Waals surface area contributed by atoms with Gasteiger partial charge in [0, 0.05) is 0 Å². The average Bonchev–Trinajstić information content (AvgIpc) is 1.88. The van der Waals surface area contributed by atoms with Gasteiger partial charge >= 0.3 is 0 Å². The topological polar surface area (TPSA) is 53.0 Å². The van der Waals surface area contributed by atoms with Crippen molar-refractivity contribution in [3.05, 3.63) is 0 Å². The van der Waals surface area contributed by atoms with E-state index >= 15 is 0 Å². The Bertz CT molecular complexity index is 192. The first-order valence-corrected chi connectivity index (χ1v) is 3.86. The number of thiocarbonyl (C=S) groups is 1. The van der Waals surface area contributed by atoms with E-state index in [1.165, 1.54) is 4.90 Å². The minimum Gasteiger partial charge on any atom is -0.375 e. The highest BCUT2D eigenvalue weighted by atomic mass is 32.1. The Morgan fingerprint density at radius 3 is 2.27 bits per heavy atom. The Balaban J connectivity index is 4.53. The SMILES string of the molecule is CCC(C)(C)N(C#N)C(N)=S. The third-order valence-corrected chi connectivity index (χ3v) is 1.97. The van der Waals surface area contributed by atoms with Crippen LogP contribution in [0.2, 0.25) is 0 Å². The van der Waals surface area contributed by atoms with Gasteiger partial charge in [0.05, 0.1) is 5.54 Å². The van der Waals surface area contributed by atoms with Crippen LogP contribution in [0, 0.1) is 11.5 Å². The molecule has 3 nitrogen and oxygen atoms in total. The van der Waals surface area contributed by atoms with Crippen LogP contribution in [0.1, 0.15) is 27.2 Å². The number of hydrogen-bond donors (Lipinski definition) is 1. The van der Waals surface area contributed by atoms with E-state index in [2.05, 4.69) is 0 Å². The molecular weight excluding hydrogens is 158 g/mol. The first kappa shape index (κ1) is 10.2. The Morgan fingerprint density at radius 1 is 1.73 bits per heavy atom. The van der Waals surface area contributed by atoms with E-state index in [0.29, 0.717) is 0 Å². The number of nitrogens with two attached hydrogens (primary N) is 1. The summed E-state index contributed by atoms with van der Waals surface area (Å²) in [5.74, 6) is 0. The molecule has 0 aliphatic carbocycles. The van der Waals surface area contributed by atoms with Gasteiger partial charge in [-0.2, -0.15) is 5.26 Å². The zero-order valence-electron chi connectivity index (χ0n) is 7.09. The molecule has 0 heterocycles. The Kier molecular flexibility index (Phi) is 3.27. The molecule has 0 aromatic rings. The highest BCUT2D eigenvalue weighted by molar-refractivity contribution is 7.80. The van der Waals surface area contributed by atoms with Crippen LogP contribution in [0.15, 0.2) is 0 Å². The molecule has 0 aromatic heterocycles. The lowest BCUT2D eigenvalue weighted by Crippen LogP contribution is -2.46. The van der Waals surface area contributed by atoms with Gasteiger partial charge in [0.2, 0.25) is 0 Å². The van der Waals surface area contributed by atoms with Crippen LogP contribution in [0.4, 0.5) is 0 Å². The number of nitrogens with zero attached hydrogens (tertiary/aromatic N) is 2. The Hall–Kier alpha value is -0.820. The molecule has 0 atom stereocenters. The van der Waals surface area contributed by atoms with Crippen molar-refractivity contribution < 1.29 is 0 Å². The Morgan fingerprint density at radius 2 is 2.18 bits per heavy atom. The lowest BCUT2D eigenvalue weighted by molar-refractivity contribution is 0.285. The molecule has 0 aliphatic heterocycles. The summed E-state index contributed by atoms with van der Waals surface area (Å²) in [6.07, 6.45) is 2.79. The molecule has 62 valence electrons. The quantitative estimate of drug-likeness (QED) is 0.385. The fourth-order valence-electron chi connectivity index (χ4n) is 0.641. The van der Waals surface area contributed by atoms with Crippen LogP contribution in [0.5, 0.6) is 0 Å². The van der Waals surface area contributed by atoms with Crippen molar-refractivity contribution in [2.24, 2.45) is 5.73 Å². The van der Waals surface area contributed by atoms with Gasteiger partial charge in [-0.05, 0) is 32.5 Å². The summed E-state index contributed by atoms with van der Waals surface area (Å²) in [4.78, 5) is 1.35.